The second-order valence-electron chi connectivity index (χ2n) is 8.25. The summed E-state index contributed by atoms with van der Waals surface area (Å²) in [5, 5.41) is 3.22. The van der Waals surface area contributed by atoms with E-state index >= 15 is 0 Å². The molecule has 0 bridgehead atoms. The van der Waals surface area contributed by atoms with Gasteiger partial charge in [0.2, 0.25) is 5.91 Å². The zero-order chi connectivity index (χ0) is 23.0. The molecular formula is C27H29N3O3. The first-order chi connectivity index (χ1) is 16.2. The number of carbonyl (C=O) groups is 2. The van der Waals surface area contributed by atoms with E-state index in [4.69, 9.17) is 4.74 Å². The topological polar surface area (TPSA) is 71.5 Å². The van der Waals surface area contributed by atoms with Crippen molar-refractivity contribution in [1.82, 2.24) is 10.3 Å². The summed E-state index contributed by atoms with van der Waals surface area (Å²) in [6.07, 6.45) is 6.90. The Morgan fingerprint density at radius 2 is 1.73 bits per heavy atom. The van der Waals surface area contributed by atoms with Crippen LogP contribution in [0.3, 0.4) is 0 Å². The Hall–Kier alpha value is -3.67. The van der Waals surface area contributed by atoms with E-state index in [1.165, 1.54) is 11.3 Å². The average molecular weight is 444 g/mol. The van der Waals surface area contributed by atoms with Crippen LogP contribution in [0.5, 0.6) is 5.75 Å². The van der Waals surface area contributed by atoms with Crippen LogP contribution < -0.4 is 15.0 Å². The normalized spacial score (nSPS) is 14.8. The summed E-state index contributed by atoms with van der Waals surface area (Å²) in [4.78, 5) is 33.3. The van der Waals surface area contributed by atoms with Crippen molar-refractivity contribution in [3.05, 3.63) is 90.3 Å². The average Bonchev–Trinajstić information content (AvgIpc) is 2.88. The lowest BCUT2D eigenvalue weighted by Crippen LogP contribution is -2.47. The van der Waals surface area contributed by atoms with Crippen LogP contribution in [0.1, 0.15) is 54.2 Å². The van der Waals surface area contributed by atoms with Crippen LogP contribution in [0.15, 0.2) is 79.0 Å². The number of nitrogens with zero attached hydrogens (tertiary/aromatic N) is 2. The molecule has 2 aromatic carbocycles. The first kappa shape index (κ1) is 22.5. The van der Waals surface area contributed by atoms with Crippen LogP contribution in [-0.2, 0) is 4.79 Å². The van der Waals surface area contributed by atoms with Gasteiger partial charge in [0.05, 0.1) is 7.11 Å². The molecule has 1 unspecified atom stereocenters. The summed E-state index contributed by atoms with van der Waals surface area (Å²) in [5.41, 5.74) is 1.57. The third-order valence-corrected chi connectivity index (χ3v) is 6.01. The van der Waals surface area contributed by atoms with Gasteiger partial charge >= 0.3 is 0 Å². The van der Waals surface area contributed by atoms with Crippen molar-refractivity contribution in [2.24, 2.45) is 0 Å². The number of methoxy groups -OCH3 is 1. The van der Waals surface area contributed by atoms with Gasteiger partial charge < -0.3 is 10.1 Å². The van der Waals surface area contributed by atoms with Crippen LogP contribution in [0, 0.1) is 0 Å². The van der Waals surface area contributed by atoms with Crippen LogP contribution in [0.4, 0.5) is 5.69 Å². The van der Waals surface area contributed by atoms with E-state index in [1.807, 2.05) is 48.5 Å². The molecule has 1 aliphatic rings. The molecule has 1 heterocycles. The van der Waals surface area contributed by atoms with Crippen molar-refractivity contribution < 1.29 is 14.3 Å². The first-order valence-corrected chi connectivity index (χ1v) is 11.4. The van der Waals surface area contributed by atoms with E-state index in [9.17, 15) is 9.59 Å². The Kier molecular flexibility index (Phi) is 7.35. The molecule has 4 rings (SSSR count). The lowest BCUT2D eigenvalue weighted by Gasteiger charge is -2.33. The van der Waals surface area contributed by atoms with E-state index in [0.29, 0.717) is 11.4 Å². The smallest absolute Gasteiger partial charge is 0.277 e. The minimum absolute atomic E-state index is 0.120. The maximum atomic E-state index is 13.8. The Morgan fingerprint density at radius 1 is 0.970 bits per heavy atom. The fraction of sp³-hybridized carbons (Fsp3) is 0.296. The highest BCUT2D eigenvalue weighted by Crippen LogP contribution is 2.32. The van der Waals surface area contributed by atoms with E-state index in [0.717, 1.165) is 31.2 Å². The molecule has 1 N–H and O–H groups in total. The molecule has 1 fully saturated rings. The van der Waals surface area contributed by atoms with Gasteiger partial charge in [-0.25, -0.2) is 0 Å². The molecule has 6 heteroatoms. The molecule has 0 aliphatic heterocycles. The summed E-state index contributed by atoms with van der Waals surface area (Å²) >= 11 is 0. The number of hydrogen-bond acceptors (Lipinski definition) is 4. The highest BCUT2D eigenvalue weighted by molar-refractivity contribution is 6.09. The zero-order valence-electron chi connectivity index (χ0n) is 18.8. The van der Waals surface area contributed by atoms with Crippen molar-refractivity contribution >= 4 is 17.5 Å². The molecule has 1 aliphatic carbocycles. The van der Waals surface area contributed by atoms with Crippen molar-refractivity contribution in [2.75, 3.05) is 12.0 Å². The maximum Gasteiger partial charge on any atom is 0.277 e. The number of rotatable bonds is 7. The monoisotopic (exact) mass is 443 g/mol. The second kappa shape index (κ2) is 10.8. The Morgan fingerprint density at radius 3 is 2.42 bits per heavy atom. The standard InChI is InChI=1S/C27H29N3O3/c1-33-23-16-10-15-22(19-23)30(27(32)24-17-8-9-18-28-24)25(20-11-4-2-5-12-20)26(31)29-21-13-6-3-7-14-21/h2,4-5,8-12,15-19,21,25H,3,6-7,13-14H2,1H3,(H,29,31). The van der Waals surface area contributed by atoms with E-state index in [1.54, 1.807) is 37.6 Å². The van der Waals surface area contributed by atoms with Gasteiger partial charge in [-0.05, 0) is 42.7 Å². The molecule has 0 spiro atoms. The minimum Gasteiger partial charge on any atom is -0.497 e. The van der Waals surface area contributed by atoms with Gasteiger partial charge in [-0.15, -0.1) is 0 Å². The molecular weight excluding hydrogens is 414 g/mol. The summed E-state index contributed by atoms with van der Waals surface area (Å²) in [7, 11) is 1.58. The Bertz CT molecular complexity index is 1070. The predicted molar refractivity (Wildman–Crippen MR) is 128 cm³/mol. The van der Waals surface area contributed by atoms with E-state index in [2.05, 4.69) is 10.3 Å². The molecule has 1 aromatic heterocycles. The summed E-state index contributed by atoms with van der Waals surface area (Å²) in [6.45, 7) is 0. The van der Waals surface area contributed by atoms with Crippen LogP contribution >= 0.6 is 0 Å². The van der Waals surface area contributed by atoms with Crippen molar-refractivity contribution in [3.8, 4) is 5.75 Å². The van der Waals surface area contributed by atoms with Gasteiger partial charge in [-0.1, -0.05) is 61.7 Å². The van der Waals surface area contributed by atoms with Gasteiger partial charge in [0.15, 0.2) is 0 Å². The highest BCUT2D eigenvalue weighted by Gasteiger charge is 2.35. The summed E-state index contributed by atoms with van der Waals surface area (Å²) in [6, 6.07) is 21.1. The first-order valence-electron chi connectivity index (χ1n) is 11.4. The maximum absolute atomic E-state index is 13.8. The number of aromatic nitrogens is 1. The molecule has 1 saturated carbocycles. The van der Waals surface area contributed by atoms with Gasteiger partial charge in [0.25, 0.3) is 5.91 Å². The Labute approximate surface area is 194 Å². The van der Waals surface area contributed by atoms with Crippen molar-refractivity contribution in [2.45, 2.75) is 44.2 Å². The third-order valence-electron chi connectivity index (χ3n) is 6.01. The second-order valence-corrected chi connectivity index (χ2v) is 8.25. The summed E-state index contributed by atoms with van der Waals surface area (Å²) < 4.78 is 5.40. The fourth-order valence-corrected chi connectivity index (χ4v) is 4.34. The molecule has 3 aromatic rings. The Balaban J connectivity index is 1.79. The van der Waals surface area contributed by atoms with Gasteiger partial charge in [0.1, 0.15) is 17.5 Å². The van der Waals surface area contributed by atoms with Crippen LogP contribution in [0.25, 0.3) is 0 Å². The molecule has 170 valence electrons. The van der Waals surface area contributed by atoms with Gasteiger partial charge in [0, 0.05) is 24.0 Å². The number of nitrogens with one attached hydrogen (secondary N) is 1. The fourth-order valence-electron chi connectivity index (χ4n) is 4.34. The third kappa shape index (κ3) is 5.40. The number of hydrogen-bond donors (Lipinski definition) is 1. The number of ether oxygens (including phenoxy) is 1. The zero-order valence-corrected chi connectivity index (χ0v) is 18.8. The van der Waals surface area contributed by atoms with Crippen molar-refractivity contribution in [3.63, 3.8) is 0 Å². The van der Waals surface area contributed by atoms with Crippen LogP contribution in [0.2, 0.25) is 0 Å². The number of pyridine rings is 1. The predicted octanol–water partition coefficient (Wildman–Crippen LogP) is 4.93. The molecule has 1 atom stereocenters. The largest absolute Gasteiger partial charge is 0.497 e. The number of anilines is 1. The number of benzene rings is 2. The molecule has 2 amide bonds. The highest BCUT2D eigenvalue weighted by atomic mass is 16.5. The van der Waals surface area contributed by atoms with E-state index in [-0.39, 0.29) is 23.6 Å². The molecule has 0 radical (unpaired) electrons. The van der Waals surface area contributed by atoms with Crippen molar-refractivity contribution in [1.29, 1.82) is 0 Å². The molecule has 6 nitrogen and oxygen atoms in total. The van der Waals surface area contributed by atoms with Gasteiger partial charge in [-0.3, -0.25) is 19.5 Å². The minimum atomic E-state index is -0.852. The SMILES string of the molecule is COc1cccc(N(C(=O)c2ccccn2)C(C(=O)NC2CCCCC2)c2ccccc2)c1. The lowest BCUT2D eigenvalue weighted by molar-refractivity contribution is -0.123. The summed E-state index contributed by atoms with van der Waals surface area (Å²) in [5.74, 6) is 0.0579. The number of carbonyl (C=O) groups excluding carboxylic acids is 2. The number of amides is 2. The molecule has 0 saturated heterocycles. The molecule has 33 heavy (non-hydrogen) atoms. The van der Waals surface area contributed by atoms with Crippen LogP contribution in [-0.4, -0.2) is 29.9 Å². The quantitative estimate of drug-likeness (QED) is 0.562. The van der Waals surface area contributed by atoms with Gasteiger partial charge in [-0.2, -0.15) is 0 Å². The van der Waals surface area contributed by atoms with E-state index < -0.39 is 6.04 Å². The lowest BCUT2D eigenvalue weighted by atomic mass is 9.94.